The van der Waals surface area contributed by atoms with Gasteiger partial charge in [0.1, 0.15) is 0 Å². The van der Waals surface area contributed by atoms with Crippen LogP contribution in [-0.2, 0) is 0 Å². The number of carbonyl (C=O) groups excluding carboxylic acids is 1. The zero-order valence-electron chi connectivity index (χ0n) is 7.89. The normalized spacial score (nSPS) is 12.5. The molecule has 0 fully saturated rings. The Labute approximate surface area is 97.1 Å². The molecule has 1 atom stereocenters. The van der Waals surface area contributed by atoms with Gasteiger partial charge in [0.15, 0.2) is 6.29 Å². The molecule has 1 unspecified atom stereocenters. The van der Waals surface area contributed by atoms with E-state index >= 15 is 0 Å². The number of benzene rings is 1. The summed E-state index contributed by atoms with van der Waals surface area (Å²) < 4.78 is 0. The second-order valence-corrected chi connectivity index (χ2v) is 4.45. The average molecular weight is 247 g/mol. The van der Waals surface area contributed by atoms with E-state index in [4.69, 9.17) is 21.8 Å². The smallest absolute Gasteiger partial charge is 0.151 e. The number of halogens is 1. The van der Waals surface area contributed by atoms with Gasteiger partial charge < -0.3 is 10.2 Å². The van der Waals surface area contributed by atoms with Crippen LogP contribution in [0.3, 0.4) is 0 Å². The van der Waals surface area contributed by atoms with Crippen LogP contribution in [-0.4, -0.2) is 35.0 Å². The first kappa shape index (κ1) is 12.5. The molecule has 0 saturated heterocycles. The number of aldehydes is 1. The lowest BCUT2D eigenvalue weighted by Gasteiger charge is -2.08. The minimum absolute atomic E-state index is 0.281. The molecule has 0 spiro atoms. The number of hydrogen-bond acceptors (Lipinski definition) is 4. The highest BCUT2D eigenvalue weighted by Gasteiger charge is 2.07. The summed E-state index contributed by atoms with van der Waals surface area (Å²) in [6.45, 7) is -0.281. The summed E-state index contributed by atoms with van der Waals surface area (Å²) >= 11 is 7.04. The van der Waals surface area contributed by atoms with Crippen molar-refractivity contribution < 1.29 is 15.0 Å². The molecule has 0 aliphatic rings. The number of aliphatic hydroxyl groups excluding tert-OH is 2. The van der Waals surface area contributed by atoms with Crippen LogP contribution in [0.4, 0.5) is 0 Å². The summed E-state index contributed by atoms with van der Waals surface area (Å²) in [6.07, 6.45) is -0.0512. The van der Waals surface area contributed by atoms with Crippen molar-refractivity contribution >= 4 is 29.6 Å². The van der Waals surface area contributed by atoms with Crippen LogP contribution in [0.1, 0.15) is 10.4 Å². The topological polar surface area (TPSA) is 57.5 Å². The van der Waals surface area contributed by atoms with E-state index in [1.165, 1.54) is 11.8 Å². The Kier molecular flexibility index (Phi) is 5.11. The fourth-order valence-corrected chi connectivity index (χ4v) is 2.08. The first-order chi connectivity index (χ1) is 7.17. The third-order valence-electron chi connectivity index (χ3n) is 1.74. The Bertz CT molecular complexity index is 343. The van der Waals surface area contributed by atoms with Gasteiger partial charge in [0.25, 0.3) is 0 Å². The number of hydrogen-bond donors (Lipinski definition) is 2. The third-order valence-corrected chi connectivity index (χ3v) is 3.21. The van der Waals surface area contributed by atoms with Crippen molar-refractivity contribution in [2.24, 2.45) is 0 Å². The van der Waals surface area contributed by atoms with Crippen molar-refractivity contribution in [1.29, 1.82) is 0 Å². The average Bonchev–Trinajstić information content (AvgIpc) is 2.26. The lowest BCUT2D eigenvalue weighted by Crippen LogP contribution is -2.14. The predicted molar refractivity (Wildman–Crippen MR) is 60.7 cm³/mol. The molecular weight excluding hydrogens is 236 g/mol. The minimum atomic E-state index is -0.773. The van der Waals surface area contributed by atoms with Crippen molar-refractivity contribution in [2.75, 3.05) is 12.4 Å². The monoisotopic (exact) mass is 246 g/mol. The molecule has 15 heavy (non-hydrogen) atoms. The fraction of sp³-hybridized carbons (Fsp3) is 0.300. The molecule has 0 aliphatic heterocycles. The van der Waals surface area contributed by atoms with E-state index < -0.39 is 6.10 Å². The van der Waals surface area contributed by atoms with Crippen LogP contribution < -0.4 is 0 Å². The molecule has 82 valence electrons. The number of carbonyl (C=O) groups is 1. The van der Waals surface area contributed by atoms with Gasteiger partial charge in [0.2, 0.25) is 0 Å². The summed E-state index contributed by atoms with van der Waals surface area (Å²) in [4.78, 5) is 11.5. The second kappa shape index (κ2) is 6.12. The Balaban J connectivity index is 2.72. The van der Waals surface area contributed by atoms with Crippen LogP contribution in [0.5, 0.6) is 0 Å². The molecule has 1 aromatic carbocycles. The molecule has 0 heterocycles. The zero-order chi connectivity index (χ0) is 11.3. The first-order valence-electron chi connectivity index (χ1n) is 4.34. The molecule has 2 N–H and O–H groups in total. The van der Waals surface area contributed by atoms with Crippen molar-refractivity contribution in [3.8, 4) is 0 Å². The predicted octanol–water partition coefficient (Wildman–Crippen LogP) is 1.60. The van der Waals surface area contributed by atoms with E-state index in [1.54, 1.807) is 18.2 Å². The molecular formula is C10H11ClO3S. The quantitative estimate of drug-likeness (QED) is 0.612. The van der Waals surface area contributed by atoms with Crippen molar-refractivity contribution in [3.63, 3.8) is 0 Å². The number of thioether (sulfide) groups is 1. The summed E-state index contributed by atoms with van der Waals surface area (Å²) in [5, 5.41) is 18.3. The lowest BCUT2D eigenvalue weighted by molar-refractivity contribution is 0.111. The Morgan fingerprint density at radius 2 is 2.27 bits per heavy atom. The van der Waals surface area contributed by atoms with Crippen LogP contribution in [0.25, 0.3) is 0 Å². The SMILES string of the molecule is O=Cc1cc(Cl)ccc1SCC(O)CO. The van der Waals surface area contributed by atoms with Gasteiger partial charge in [-0.05, 0) is 18.2 Å². The molecule has 0 aliphatic carbocycles. The Hall–Kier alpha value is -0.550. The van der Waals surface area contributed by atoms with E-state index in [0.717, 1.165) is 11.2 Å². The summed E-state index contributed by atoms with van der Waals surface area (Å²) in [5.41, 5.74) is 0.498. The van der Waals surface area contributed by atoms with Crippen molar-refractivity contribution in [3.05, 3.63) is 28.8 Å². The van der Waals surface area contributed by atoms with Gasteiger partial charge in [0, 0.05) is 21.2 Å². The molecule has 0 amide bonds. The Morgan fingerprint density at radius 1 is 1.53 bits per heavy atom. The fourth-order valence-electron chi connectivity index (χ4n) is 0.982. The largest absolute Gasteiger partial charge is 0.394 e. The highest BCUT2D eigenvalue weighted by Crippen LogP contribution is 2.25. The van der Waals surface area contributed by atoms with E-state index in [-0.39, 0.29) is 6.61 Å². The summed E-state index contributed by atoms with van der Waals surface area (Å²) in [7, 11) is 0. The van der Waals surface area contributed by atoms with Crippen LogP contribution in [0, 0.1) is 0 Å². The highest BCUT2D eigenvalue weighted by molar-refractivity contribution is 7.99. The maximum Gasteiger partial charge on any atom is 0.151 e. The Morgan fingerprint density at radius 3 is 2.87 bits per heavy atom. The maximum absolute atomic E-state index is 10.7. The molecule has 0 aromatic heterocycles. The lowest BCUT2D eigenvalue weighted by atomic mass is 10.2. The van der Waals surface area contributed by atoms with Gasteiger partial charge in [-0.3, -0.25) is 4.79 Å². The maximum atomic E-state index is 10.7. The second-order valence-electron chi connectivity index (χ2n) is 2.95. The van der Waals surface area contributed by atoms with Gasteiger partial charge >= 0.3 is 0 Å². The number of rotatable bonds is 5. The van der Waals surface area contributed by atoms with Crippen LogP contribution in [0.2, 0.25) is 5.02 Å². The summed E-state index contributed by atoms with van der Waals surface area (Å²) in [6, 6.07) is 4.98. The molecule has 1 rings (SSSR count). The number of aliphatic hydroxyl groups is 2. The van der Waals surface area contributed by atoms with Crippen molar-refractivity contribution in [2.45, 2.75) is 11.0 Å². The molecule has 3 nitrogen and oxygen atoms in total. The minimum Gasteiger partial charge on any atom is -0.394 e. The zero-order valence-corrected chi connectivity index (χ0v) is 9.46. The third kappa shape index (κ3) is 3.83. The van der Waals surface area contributed by atoms with Gasteiger partial charge in [-0.15, -0.1) is 11.8 Å². The molecule has 0 bridgehead atoms. The van der Waals surface area contributed by atoms with E-state index in [2.05, 4.69) is 0 Å². The van der Waals surface area contributed by atoms with Gasteiger partial charge in [-0.1, -0.05) is 11.6 Å². The van der Waals surface area contributed by atoms with Gasteiger partial charge in [0.05, 0.1) is 12.7 Å². The van der Waals surface area contributed by atoms with Crippen molar-refractivity contribution in [1.82, 2.24) is 0 Å². The van der Waals surface area contributed by atoms with E-state index in [0.29, 0.717) is 16.3 Å². The van der Waals surface area contributed by atoms with Crippen LogP contribution in [0.15, 0.2) is 23.1 Å². The standard InChI is InChI=1S/C10H11ClO3S/c11-8-1-2-10(7(3-8)4-12)15-6-9(14)5-13/h1-4,9,13-14H,5-6H2. The van der Waals surface area contributed by atoms with Gasteiger partial charge in [-0.2, -0.15) is 0 Å². The molecule has 0 radical (unpaired) electrons. The van der Waals surface area contributed by atoms with E-state index in [9.17, 15) is 4.79 Å². The van der Waals surface area contributed by atoms with Gasteiger partial charge in [-0.25, -0.2) is 0 Å². The molecule has 1 aromatic rings. The highest BCUT2D eigenvalue weighted by atomic mass is 35.5. The van der Waals surface area contributed by atoms with Crippen LogP contribution >= 0.6 is 23.4 Å². The molecule has 5 heteroatoms. The molecule has 0 saturated carbocycles. The van der Waals surface area contributed by atoms with E-state index in [1.807, 2.05) is 0 Å². The first-order valence-corrected chi connectivity index (χ1v) is 5.70. The summed E-state index contributed by atoms with van der Waals surface area (Å²) in [5.74, 6) is 0.346.